The number of likely N-dealkylation sites (tertiary alicyclic amines) is 1. The molecule has 118 valence electrons. The molecule has 1 fully saturated rings. The number of nitrogens with zero attached hydrogens (tertiary/aromatic N) is 1. The summed E-state index contributed by atoms with van der Waals surface area (Å²) in [6.07, 6.45) is 2.35. The van der Waals surface area contributed by atoms with Gasteiger partial charge in [-0.1, -0.05) is 12.1 Å². The predicted molar refractivity (Wildman–Crippen MR) is 86.0 cm³/mol. The van der Waals surface area contributed by atoms with Crippen molar-refractivity contribution in [1.29, 1.82) is 0 Å². The summed E-state index contributed by atoms with van der Waals surface area (Å²) in [5.41, 5.74) is 1.37. The largest absolute Gasteiger partial charge is 0.462 e. The smallest absolute Gasteiger partial charge is 0.410 e. The van der Waals surface area contributed by atoms with Crippen molar-refractivity contribution in [2.45, 2.75) is 38.8 Å². The standard InChI is InChI=1S/C17H22N2O3/c1-17(2,3)22-16(20)19-9-7-13(11-19)18-14-6-4-5-12-8-10-21-15(12)14/h4-6,8,10,13,18H,7,9,11H2,1-3H3. The number of hydrogen-bond acceptors (Lipinski definition) is 4. The Balaban J connectivity index is 1.64. The summed E-state index contributed by atoms with van der Waals surface area (Å²) >= 11 is 0. The van der Waals surface area contributed by atoms with Gasteiger partial charge >= 0.3 is 6.09 Å². The highest BCUT2D eigenvalue weighted by Crippen LogP contribution is 2.26. The van der Waals surface area contributed by atoms with Crippen LogP contribution in [0.3, 0.4) is 0 Å². The Hall–Kier alpha value is -2.17. The third-order valence-electron chi connectivity index (χ3n) is 3.68. The first-order valence-corrected chi connectivity index (χ1v) is 7.63. The van der Waals surface area contributed by atoms with E-state index in [1.54, 1.807) is 11.2 Å². The minimum atomic E-state index is -0.456. The van der Waals surface area contributed by atoms with Crippen molar-refractivity contribution in [3.8, 4) is 0 Å². The minimum Gasteiger partial charge on any atom is -0.462 e. The zero-order valence-electron chi connectivity index (χ0n) is 13.3. The van der Waals surface area contributed by atoms with Crippen molar-refractivity contribution in [2.75, 3.05) is 18.4 Å². The van der Waals surface area contributed by atoms with Crippen LogP contribution in [-0.2, 0) is 4.74 Å². The highest BCUT2D eigenvalue weighted by Gasteiger charge is 2.30. The third kappa shape index (κ3) is 3.18. The van der Waals surface area contributed by atoms with Crippen molar-refractivity contribution in [3.05, 3.63) is 30.5 Å². The normalized spacial score (nSPS) is 18.7. The molecule has 1 aliphatic rings. The van der Waals surface area contributed by atoms with Crippen molar-refractivity contribution in [3.63, 3.8) is 0 Å². The van der Waals surface area contributed by atoms with E-state index in [1.807, 2.05) is 45.0 Å². The second kappa shape index (κ2) is 5.55. The molecule has 0 saturated carbocycles. The lowest BCUT2D eigenvalue weighted by Gasteiger charge is -2.24. The first-order chi connectivity index (χ1) is 10.4. The Kier molecular flexibility index (Phi) is 3.72. The fraction of sp³-hybridized carbons (Fsp3) is 0.471. The van der Waals surface area contributed by atoms with Crippen molar-refractivity contribution < 1.29 is 13.9 Å². The molecule has 2 aromatic rings. The number of hydrogen-bond donors (Lipinski definition) is 1. The number of ether oxygens (including phenoxy) is 1. The second-order valence-electron chi connectivity index (χ2n) is 6.70. The molecule has 1 aromatic heterocycles. The summed E-state index contributed by atoms with van der Waals surface area (Å²) in [5.74, 6) is 0. The van der Waals surface area contributed by atoms with Crippen LogP contribution in [0.2, 0.25) is 0 Å². The molecule has 1 amide bonds. The summed E-state index contributed by atoms with van der Waals surface area (Å²) in [4.78, 5) is 13.8. The second-order valence-corrected chi connectivity index (χ2v) is 6.70. The summed E-state index contributed by atoms with van der Waals surface area (Å²) in [6, 6.07) is 8.18. The molecule has 2 heterocycles. The minimum absolute atomic E-state index is 0.211. The van der Waals surface area contributed by atoms with Crippen LogP contribution in [0.4, 0.5) is 10.5 Å². The SMILES string of the molecule is CC(C)(C)OC(=O)N1CCC(Nc2cccc3ccoc23)C1. The number of anilines is 1. The van der Waals surface area contributed by atoms with Gasteiger partial charge in [0.2, 0.25) is 0 Å². The molecular weight excluding hydrogens is 280 g/mol. The number of benzene rings is 1. The van der Waals surface area contributed by atoms with Crippen molar-refractivity contribution >= 4 is 22.7 Å². The number of amides is 1. The molecule has 5 heteroatoms. The summed E-state index contributed by atoms with van der Waals surface area (Å²) in [6.45, 7) is 7.00. The van der Waals surface area contributed by atoms with Crippen molar-refractivity contribution in [1.82, 2.24) is 4.90 Å². The van der Waals surface area contributed by atoms with Crippen LogP contribution in [0.1, 0.15) is 27.2 Å². The maximum Gasteiger partial charge on any atom is 0.410 e. The zero-order valence-corrected chi connectivity index (χ0v) is 13.3. The molecule has 0 aliphatic carbocycles. The maximum absolute atomic E-state index is 12.1. The van der Waals surface area contributed by atoms with Crippen LogP contribution in [-0.4, -0.2) is 35.7 Å². The number of carbonyl (C=O) groups is 1. The van der Waals surface area contributed by atoms with Crippen LogP contribution in [0.15, 0.2) is 34.9 Å². The Morgan fingerprint density at radius 2 is 2.18 bits per heavy atom. The average Bonchev–Trinajstić information content (AvgIpc) is 3.05. The highest BCUT2D eigenvalue weighted by molar-refractivity contribution is 5.89. The van der Waals surface area contributed by atoms with Gasteiger partial charge in [0.1, 0.15) is 5.60 Å². The van der Waals surface area contributed by atoms with Gasteiger partial charge in [-0.2, -0.15) is 0 Å². The molecule has 1 N–H and O–H groups in total. The summed E-state index contributed by atoms with van der Waals surface area (Å²) in [5, 5.41) is 4.55. The van der Waals surface area contributed by atoms with Gasteiger partial charge < -0.3 is 19.4 Å². The van der Waals surface area contributed by atoms with Gasteiger partial charge in [0.05, 0.1) is 12.0 Å². The van der Waals surface area contributed by atoms with Crippen LogP contribution in [0.25, 0.3) is 11.0 Å². The Labute approximate surface area is 130 Å². The van der Waals surface area contributed by atoms with E-state index in [0.29, 0.717) is 13.1 Å². The van der Waals surface area contributed by atoms with Crippen LogP contribution >= 0.6 is 0 Å². The molecule has 5 nitrogen and oxygen atoms in total. The lowest BCUT2D eigenvalue weighted by Crippen LogP contribution is -2.36. The predicted octanol–water partition coefficient (Wildman–Crippen LogP) is 3.85. The first-order valence-electron chi connectivity index (χ1n) is 7.63. The molecule has 1 atom stereocenters. The lowest BCUT2D eigenvalue weighted by molar-refractivity contribution is 0.0293. The maximum atomic E-state index is 12.1. The molecule has 1 aromatic carbocycles. The number of rotatable bonds is 2. The summed E-state index contributed by atoms with van der Waals surface area (Å²) in [7, 11) is 0. The van der Waals surface area contributed by atoms with E-state index in [1.165, 1.54) is 0 Å². The van der Waals surface area contributed by atoms with E-state index in [-0.39, 0.29) is 12.1 Å². The van der Waals surface area contributed by atoms with Crippen LogP contribution < -0.4 is 5.32 Å². The number of nitrogens with one attached hydrogen (secondary N) is 1. The molecule has 0 spiro atoms. The Morgan fingerprint density at radius 1 is 1.36 bits per heavy atom. The molecule has 1 saturated heterocycles. The van der Waals surface area contributed by atoms with Crippen molar-refractivity contribution in [2.24, 2.45) is 0 Å². The van der Waals surface area contributed by atoms with Gasteiger partial charge in [0.25, 0.3) is 0 Å². The van der Waals surface area contributed by atoms with Gasteiger partial charge in [-0.3, -0.25) is 0 Å². The van der Waals surface area contributed by atoms with Gasteiger partial charge in [0.15, 0.2) is 5.58 Å². The van der Waals surface area contributed by atoms with E-state index in [4.69, 9.17) is 9.15 Å². The molecule has 0 bridgehead atoms. The van der Waals surface area contributed by atoms with Gasteiger partial charge in [0, 0.05) is 24.5 Å². The van der Waals surface area contributed by atoms with E-state index >= 15 is 0 Å². The fourth-order valence-corrected chi connectivity index (χ4v) is 2.70. The van der Waals surface area contributed by atoms with E-state index < -0.39 is 5.60 Å². The summed E-state index contributed by atoms with van der Waals surface area (Å²) < 4.78 is 11.0. The van der Waals surface area contributed by atoms with E-state index in [9.17, 15) is 4.79 Å². The average molecular weight is 302 g/mol. The van der Waals surface area contributed by atoms with Crippen LogP contribution in [0.5, 0.6) is 0 Å². The lowest BCUT2D eigenvalue weighted by atomic mass is 10.2. The Morgan fingerprint density at radius 3 is 2.95 bits per heavy atom. The van der Waals surface area contributed by atoms with E-state index in [0.717, 1.165) is 23.1 Å². The number of para-hydroxylation sites is 1. The Bertz CT molecular complexity index is 672. The molecule has 1 aliphatic heterocycles. The third-order valence-corrected chi connectivity index (χ3v) is 3.68. The quantitative estimate of drug-likeness (QED) is 0.915. The van der Waals surface area contributed by atoms with E-state index in [2.05, 4.69) is 5.32 Å². The van der Waals surface area contributed by atoms with Gasteiger partial charge in [-0.25, -0.2) is 4.79 Å². The molecule has 22 heavy (non-hydrogen) atoms. The monoisotopic (exact) mass is 302 g/mol. The van der Waals surface area contributed by atoms with Gasteiger partial charge in [-0.15, -0.1) is 0 Å². The first kappa shape index (κ1) is 14.8. The number of fused-ring (bicyclic) bond motifs is 1. The van der Waals surface area contributed by atoms with Gasteiger partial charge in [-0.05, 0) is 39.3 Å². The molecule has 0 radical (unpaired) electrons. The molecule has 1 unspecified atom stereocenters. The number of furan rings is 1. The topological polar surface area (TPSA) is 54.7 Å². The zero-order chi connectivity index (χ0) is 15.7. The molecular formula is C17H22N2O3. The number of carbonyl (C=O) groups excluding carboxylic acids is 1. The fourth-order valence-electron chi connectivity index (χ4n) is 2.70. The van der Waals surface area contributed by atoms with Crippen LogP contribution in [0, 0.1) is 0 Å². The highest BCUT2D eigenvalue weighted by atomic mass is 16.6. The molecule has 3 rings (SSSR count).